The number of hydrogen-bond donors (Lipinski definition) is 0. The molecule has 0 spiro atoms. The molecule has 0 bridgehead atoms. The summed E-state index contributed by atoms with van der Waals surface area (Å²) in [6.45, 7) is 11.2. The van der Waals surface area contributed by atoms with Gasteiger partial charge in [0.1, 0.15) is 16.3 Å². The number of benzene rings is 1. The van der Waals surface area contributed by atoms with E-state index < -0.39 is 0 Å². The highest BCUT2D eigenvalue weighted by atomic mass is 32.1. The zero-order valence-corrected chi connectivity index (χ0v) is 16.6. The number of aldehydes is 1. The minimum atomic E-state index is -0.00687. The molecule has 0 atom stereocenters. The zero-order chi connectivity index (χ0) is 19.0. The first-order chi connectivity index (χ1) is 12.4. The van der Waals surface area contributed by atoms with Crippen molar-refractivity contribution in [3.05, 3.63) is 45.6 Å². The van der Waals surface area contributed by atoms with Crippen LogP contribution in [0.15, 0.2) is 18.2 Å². The van der Waals surface area contributed by atoms with E-state index in [1.165, 1.54) is 16.9 Å². The second-order valence-electron chi connectivity index (χ2n) is 6.37. The quantitative estimate of drug-likeness (QED) is 0.631. The van der Waals surface area contributed by atoms with Gasteiger partial charge < -0.3 is 4.90 Å². The second kappa shape index (κ2) is 7.03. The van der Waals surface area contributed by atoms with Gasteiger partial charge in [-0.05, 0) is 51.8 Å². The van der Waals surface area contributed by atoms with Crippen molar-refractivity contribution in [2.24, 2.45) is 0 Å². The van der Waals surface area contributed by atoms with Crippen LogP contribution in [0.5, 0.6) is 0 Å². The molecule has 6 heteroatoms. The predicted molar refractivity (Wildman–Crippen MR) is 105 cm³/mol. The van der Waals surface area contributed by atoms with Gasteiger partial charge in [0.25, 0.3) is 5.91 Å². The molecule has 0 radical (unpaired) electrons. The van der Waals surface area contributed by atoms with Crippen LogP contribution in [0.25, 0.3) is 16.2 Å². The Morgan fingerprint density at radius 2 is 1.88 bits per heavy atom. The Hall–Kier alpha value is -2.47. The number of aromatic nitrogens is 2. The van der Waals surface area contributed by atoms with Crippen LogP contribution in [0.4, 0.5) is 0 Å². The number of amides is 1. The topological polar surface area (TPSA) is 54.7 Å². The van der Waals surface area contributed by atoms with E-state index in [0.29, 0.717) is 34.3 Å². The molecule has 136 valence electrons. The van der Waals surface area contributed by atoms with Crippen LogP contribution in [0.3, 0.4) is 0 Å². The minimum Gasteiger partial charge on any atom is -0.338 e. The van der Waals surface area contributed by atoms with Crippen molar-refractivity contribution in [3.8, 4) is 11.3 Å². The zero-order valence-electron chi connectivity index (χ0n) is 15.8. The summed E-state index contributed by atoms with van der Waals surface area (Å²) in [6, 6.07) is 6.07. The number of fused-ring (bicyclic) bond motifs is 1. The van der Waals surface area contributed by atoms with Crippen LogP contribution >= 0.6 is 11.3 Å². The third-order valence-electron chi connectivity index (χ3n) is 4.88. The molecule has 0 aliphatic heterocycles. The molecule has 3 aromatic rings. The van der Waals surface area contributed by atoms with Gasteiger partial charge in [-0.2, -0.15) is 0 Å². The van der Waals surface area contributed by atoms with Crippen LogP contribution in [0, 0.1) is 20.8 Å². The fourth-order valence-electron chi connectivity index (χ4n) is 3.13. The Labute approximate surface area is 157 Å². The van der Waals surface area contributed by atoms with Crippen molar-refractivity contribution in [1.82, 2.24) is 14.3 Å². The van der Waals surface area contributed by atoms with E-state index in [0.717, 1.165) is 23.1 Å². The fourth-order valence-corrected chi connectivity index (χ4v) is 4.24. The summed E-state index contributed by atoms with van der Waals surface area (Å²) in [5.41, 5.74) is 5.21. The number of carbonyl (C=O) groups excluding carboxylic acids is 2. The van der Waals surface area contributed by atoms with Crippen LogP contribution < -0.4 is 0 Å². The number of hydrogen-bond acceptors (Lipinski definition) is 4. The van der Waals surface area contributed by atoms with Crippen molar-refractivity contribution < 1.29 is 9.59 Å². The fraction of sp³-hybridized carbons (Fsp3) is 0.350. The molecule has 0 aliphatic carbocycles. The first-order valence-corrected chi connectivity index (χ1v) is 9.58. The van der Waals surface area contributed by atoms with E-state index in [1.807, 2.05) is 45.9 Å². The molecular formula is C20H23N3O2S. The Bertz CT molecular complexity index is 996. The van der Waals surface area contributed by atoms with Crippen molar-refractivity contribution in [1.29, 1.82) is 0 Å². The maximum Gasteiger partial charge on any atom is 0.265 e. The lowest BCUT2D eigenvalue weighted by Gasteiger charge is -2.17. The summed E-state index contributed by atoms with van der Waals surface area (Å²) in [4.78, 5) is 32.4. The molecule has 0 N–H and O–H groups in total. The van der Waals surface area contributed by atoms with E-state index >= 15 is 0 Å². The lowest BCUT2D eigenvalue weighted by Crippen LogP contribution is -2.30. The third kappa shape index (κ3) is 2.84. The van der Waals surface area contributed by atoms with Gasteiger partial charge in [0, 0.05) is 24.3 Å². The first-order valence-electron chi connectivity index (χ1n) is 8.76. The average molecular weight is 369 g/mol. The van der Waals surface area contributed by atoms with Crippen molar-refractivity contribution in [3.63, 3.8) is 0 Å². The molecular weight excluding hydrogens is 346 g/mol. The summed E-state index contributed by atoms with van der Waals surface area (Å²) in [6.07, 6.45) is 0.829. The first kappa shape index (κ1) is 18.3. The molecule has 0 saturated carbocycles. The Morgan fingerprint density at radius 1 is 1.19 bits per heavy atom. The number of imidazole rings is 1. The van der Waals surface area contributed by atoms with Gasteiger partial charge in [0.05, 0.1) is 0 Å². The Balaban J connectivity index is 2.17. The van der Waals surface area contributed by atoms with E-state index in [9.17, 15) is 9.59 Å². The molecule has 3 rings (SSSR count). The molecule has 0 aliphatic rings. The normalized spacial score (nSPS) is 11.1. The van der Waals surface area contributed by atoms with Gasteiger partial charge in [-0.3, -0.25) is 14.0 Å². The minimum absolute atomic E-state index is 0.00687. The van der Waals surface area contributed by atoms with Crippen LogP contribution in [-0.4, -0.2) is 39.6 Å². The highest BCUT2D eigenvalue weighted by molar-refractivity contribution is 7.19. The van der Waals surface area contributed by atoms with Crippen LogP contribution in [0.1, 0.15) is 50.8 Å². The molecule has 1 amide bonds. The Morgan fingerprint density at radius 3 is 2.46 bits per heavy atom. The van der Waals surface area contributed by atoms with Crippen molar-refractivity contribution in [2.75, 3.05) is 13.1 Å². The van der Waals surface area contributed by atoms with Crippen molar-refractivity contribution in [2.45, 2.75) is 34.6 Å². The number of aryl methyl sites for hydroxylation is 3. The average Bonchev–Trinajstić information content (AvgIpc) is 3.15. The third-order valence-corrected chi connectivity index (χ3v) is 6.01. The van der Waals surface area contributed by atoms with E-state index in [1.54, 1.807) is 9.30 Å². The smallest absolute Gasteiger partial charge is 0.265 e. The summed E-state index contributed by atoms with van der Waals surface area (Å²) in [7, 11) is 0. The highest BCUT2D eigenvalue weighted by Gasteiger charge is 2.24. The summed E-state index contributed by atoms with van der Waals surface area (Å²) >= 11 is 1.35. The van der Waals surface area contributed by atoms with Crippen molar-refractivity contribution >= 4 is 28.5 Å². The summed E-state index contributed by atoms with van der Waals surface area (Å²) in [5.74, 6) is -0.00687. The molecule has 2 aromatic heterocycles. The van der Waals surface area contributed by atoms with Gasteiger partial charge in [0.2, 0.25) is 0 Å². The lowest BCUT2D eigenvalue weighted by atomic mass is 10.0. The molecule has 0 saturated heterocycles. The number of thiazole rings is 1. The monoisotopic (exact) mass is 369 g/mol. The summed E-state index contributed by atoms with van der Waals surface area (Å²) < 4.78 is 1.80. The predicted octanol–water partition coefficient (Wildman–Crippen LogP) is 4.28. The molecule has 5 nitrogen and oxygen atoms in total. The Kier molecular flexibility index (Phi) is 4.96. The number of nitrogens with zero attached hydrogens (tertiary/aromatic N) is 3. The van der Waals surface area contributed by atoms with E-state index in [2.05, 4.69) is 11.9 Å². The molecule has 2 heterocycles. The standard InChI is InChI=1S/C20H23N3O2S/c1-6-22(7-2)19(25)18-14(5)23-16(11-24)17(21-20(23)26-18)15-9-8-12(3)13(4)10-15/h8-11H,6-7H2,1-5H3. The SMILES string of the molecule is CCN(CC)C(=O)c1sc2nc(-c3ccc(C)c(C)c3)c(C=O)n2c1C. The molecule has 26 heavy (non-hydrogen) atoms. The van der Waals surface area contributed by atoms with Crippen LogP contribution in [0.2, 0.25) is 0 Å². The van der Waals surface area contributed by atoms with Gasteiger partial charge in [-0.25, -0.2) is 4.98 Å². The van der Waals surface area contributed by atoms with Gasteiger partial charge in [-0.15, -0.1) is 0 Å². The summed E-state index contributed by atoms with van der Waals surface area (Å²) in [5, 5.41) is 0. The van der Waals surface area contributed by atoms with Gasteiger partial charge in [-0.1, -0.05) is 23.5 Å². The van der Waals surface area contributed by atoms with Gasteiger partial charge >= 0.3 is 0 Å². The molecule has 0 unspecified atom stereocenters. The highest BCUT2D eigenvalue weighted by Crippen LogP contribution is 2.31. The largest absolute Gasteiger partial charge is 0.338 e. The second-order valence-corrected chi connectivity index (χ2v) is 7.35. The van der Waals surface area contributed by atoms with E-state index in [-0.39, 0.29) is 5.91 Å². The number of carbonyl (C=O) groups is 2. The van der Waals surface area contributed by atoms with Gasteiger partial charge in [0.15, 0.2) is 11.2 Å². The maximum atomic E-state index is 12.7. The lowest BCUT2D eigenvalue weighted by molar-refractivity contribution is 0.0776. The van der Waals surface area contributed by atoms with Crippen LogP contribution in [-0.2, 0) is 0 Å². The molecule has 1 aromatic carbocycles. The van der Waals surface area contributed by atoms with E-state index in [4.69, 9.17) is 0 Å². The maximum absolute atomic E-state index is 12.7. The molecule has 0 fully saturated rings. The number of rotatable bonds is 5.